The van der Waals surface area contributed by atoms with Gasteiger partial charge >= 0.3 is 0 Å². The molecule has 3 nitrogen and oxygen atoms in total. The van der Waals surface area contributed by atoms with E-state index >= 15 is 0 Å². The Balaban J connectivity index is 2.23. The van der Waals surface area contributed by atoms with E-state index in [0.29, 0.717) is 5.56 Å². The number of fused-ring (bicyclic) bond motifs is 3. The third kappa shape index (κ3) is 0.923. The van der Waals surface area contributed by atoms with Gasteiger partial charge in [0.25, 0.3) is 0 Å². The van der Waals surface area contributed by atoms with Gasteiger partial charge in [0.15, 0.2) is 0 Å². The minimum absolute atomic E-state index is 0.0771. The quantitative estimate of drug-likeness (QED) is 0.590. The Bertz CT molecular complexity index is 501. The molecule has 0 spiro atoms. The van der Waals surface area contributed by atoms with Crippen molar-refractivity contribution in [3.05, 3.63) is 35.4 Å². The smallest absolute Gasteiger partial charge is 0.229 e. The first-order valence-electron chi connectivity index (χ1n) is 4.90. The minimum Gasteiger partial charge on any atom is -0.299 e. The average molecular weight is 200 g/mol. The first kappa shape index (κ1) is 8.53. The second-order valence-corrected chi connectivity index (χ2v) is 4.04. The molecule has 0 heterocycles. The summed E-state index contributed by atoms with van der Waals surface area (Å²) in [6, 6.07) is 6.91. The van der Waals surface area contributed by atoms with Gasteiger partial charge in [-0.2, -0.15) is 0 Å². The molecule has 0 bridgehead atoms. The molecule has 0 N–H and O–H groups in total. The lowest BCUT2D eigenvalue weighted by Gasteiger charge is -2.37. The van der Waals surface area contributed by atoms with Crippen LogP contribution in [0, 0.1) is 5.92 Å². The number of carbonyl (C=O) groups excluding carboxylic acids is 3. The van der Waals surface area contributed by atoms with Crippen LogP contribution in [0.1, 0.15) is 28.3 Å². The van der Waals surface area contributed by atoms with Gasteiger partial charge in [-0.1, -0.05) is 24.3 Å². The van der Waals surface area contributed by atoms with Gasteiger partial charge in [0.1, 0.15) is 5.78 Å². The van der Waals surface area contributed by atoms with Crippen LogP contribution in [0.15, 0.2) is 24.3 Å². The molecule has 2 unspecified atom stereocenters. The first-order valence-corrected chi connectivity index (χ1v) is 4.90. The summed E-state index contributed by atoms with van der Waals surface area (Å²) in [4.78, 5) is 34.7. The topological polar surface area (TPSA) is 51.2 Å². The van der Waals surface area contributed by atoms with Gasteiger partial charge in [-0.25, -0.2) is 0 Å². The van der Waals surface area contributed by atoms with Gasteiger partial charge in [0.2, 0.25) is 11.6 Å². The number of benzene rings is 1. The molecule has 1 saturated carbocycles. The predicted molar refractivity (Wildman–Crippen MR) is 51.6 cm³/mol. The zero-order valence-electron chi connectivity index (χ0n) is 7.90. The van der Waals surface area contributed by atoms with E-state index in [1.165, 1.54) is 0 Å². The molecule has 0 amide bonds. The van der Waals surface area contributed by atoms with Gasteiger partial charge in [-0.15, -0.1) is 0 Å². The molecule has 3 heteroatoms. The number of hydrogen-bond donors (Lipinski definition) is 0. The van der Waals surface area contributed by atoms with E-state index in [2.05, 4.69) is 0 Å². The number of Topliss-reactive ketones (excluding diaryl/α,β-unsaturated/α-hetero) is 3. The van der Waals surface area contributed by atoms with E-state index in [1.807, 2.05) is 0 Å². The molecule has 2 aliphatic carbocycles. The Kier molecular flexibility index (Phi) is 1.49. The van der Waals surface area contributed by atoms with Crippen LogP contribution in [0.3, 0.4) is 0 Å². The monoisotopic (exact) mass is 200 g/mol. The van der Waals surface area contributed by atoms with E-state index in [0.717, 1.165) is 5.56 Å². The highest BCUT2D eigenvalue weighted by Gasteiger charge is 2.51. The fourth-order valence-corrected chi connectivity index (χ4v) is 2.44. The number of rotatable bonds is 0. The summed E-state index contributed by atoms with van der Waals surface area (Å²) in [7, 11) is 0. The Labute approximate surface area is 86.1 Å². The van der Waals surface area contributed by atoms with Crippen LogP contribution in [0.25, 0.3) is 0 Å². The molecular weight excluding hydrogens is 192 g/mol. The molecule has 2 aliphatic rings. The average Bonchev–Trinajstić information content (AvgIpc) is 2.23. The summed E-state index contributed by atoms with van der Waals surface area (Å²) in [5.74, 6) is -1.46. The van der Waals surface area contributed by atoms with E-state index in [4.69, 9.17) is 0 Å². The summed E-state index contributed by atoms with van der Waals surface area (Å²) in [6.45, 7) is 0. The molecular formula is C12H8O3. The van der Waals surface area contributed by atoms with Crippen molar-refractivity contribution in [2.24, 2.45) is 5.92 Å². The number of carbonyl (C=O) groups is 3. The number of hydrogen-bond acceptors (Lipinski definition) is 3. The van der Waals surface area contributed by atoms with Crippen molar-refractivity contribution in [3.63, 3.8) is 0 Å². The standard InChI is InChI=1S/C12H8O3/c13-9-5-8-10(9)6-3-1-2-4-7(6)11(14)12(8)15/h1-4,8,10H,5H2. The van der Waals surface area contributed by atoms with Crippen molar-refractivity contribution in [3.8, 4) is 0 Å². The Hall–Kier alpha value is -1.77. The second-order valence-electron chi connectivity index (χ2n) is 4.04. The Morgan fingerprint density at radius 1 is 1.07 bits per heavy atom. The normalized spacial score (nSPS) is 28.1. The zero-order chi connectivity index (χ0) is 10.6. The Morgan fingerprint density at radius 2 is 1.80 bits per heavy atom. The fraction of sp³-hybridized carbons (Fsp3) is 0.250. The van der Waals surface area contributed by atoms with E-state index in [1.54, 1.807) is 24.3 Å². The molecule has 3 rings (SSSR count). The van der Waals surface area contributed by atoms with Crippen molar-refractivity contribution < 1.29 is 14.4 Å². The Morgan fingerprint density at radius 3 is 2.53 bits per heavy atom. The van der Waals surface area contributed by atoms with Crippen LogP contribution < -0.4 is 0 Å². The lowest BCUT2D eigenvalue weighted by Crippen LogP contribution is -2.47. The van der Waals surface area contributed by atoms with E-state index < -0.39 is 11.6 Å². The molecule has 2 atom stereocenters. The van der Waals surface area contributed by atoms with E-state index in [9.17, 15) is 14.4 Å². The highest BCUT2D eigenvalue weighted by atomic mass is 16.2. The summed E-state index contributed by atoms with van der Waals surface area (Å²) in [6.07, 6.45) is 0.240. The summed E-state index contributed by atoms with van der Waals surface area (Å²) in [5.41, 5.74) is 1.15. The van der Waals surface area contributed by atoms with Crippen LogP contribution in [0.5, 0.6) is 0 Å². The van der Waals surface area contributed by atoms with Crippen molar-refractivity contribution in [2.75, 3.05) is 0 Å². The molecule has 0 aromatic heterocycles. The van der Waals surface area contributed by atoms with Crippen LogP contribution in [0.2, 0.25) is 0 Å². The maximum Gasteiger partial charge on any atom is 0.229 e. The van der Waals surface area contributed by atoms with Gasteiger partial charge in [-0.3, -0.25) is 14.4 Å². The largest absolute Gasteiger partial charge is 0.299 e. The maximum atomic E-state index is 11.7. The lowest BCUT2D eigenvalue weighted by atomic mass is 9.61. The van der Waals surface area contributed by atoms with Crippen molar-refractivity contribution in [1.29, 1.82) is 0 Å². The maximum absolute atomic E-state index is 11.7. The SMILES string of the molecule is O=C1C(=O)C2CC(=O)C2c2ccccc21. The van der Waals surface area contributed by atoms with Crippen LogP contribution in [0.4, 0.5) is 0 Å². The van der Waals surface area contributed by atoms with Gasteiger partial charge in [0.05, 0.1) is 5.92 Å². The summed E-state index contributed by atoms with van der Waals surface area (Å²) >= 11 is 0. The molecule has 1 aromatic carbocycles. The van der Waals surface area contributed by atoms with Crippen molar-refractivity contribution in [1.82, 2.24) is 0 Å². The molecule has 0 saturated heterocycles. The zero-order valence-corrected chi connectivity index (χ0v) is 7.90. The third-order valence-corrected chi connectivity index (χ3v) is 3.27. The summed E-state index contributed by atoms with van der Waals surface area (Å²) in [5, 5.41) is 0. The summed E-state index contributed by atoms with van der Waals surface area (Å²) < 4.78 is 0. The van der Waals surface area contributed by atoms with Crippen molar-refractivity contribution in [2.45, 2.75) is 12.3 Å². The molecule has 0 radical (unpaired) electrons. The van der Waals surface area contributed by atoms with Crippen LogP contribution >= 0.6 is 0 Å². The molecule has 74 valence electrons. The molecule has 0 aliphatic heterocycles. The van der Waals surface area contributed by atoms with Gasteiger partial charge in [-0.05, 0) is 5.56 Å². The van der Waals surface area contributed by atoms with Gasteiger partial charge in [0, 0.05) is 17.9 Å². The van der Waals surface area contributed by atoms with Crippen LogP contribution in [-0.2, 0) is 9.59 Å². The second kappa shape index (κ2) is 2.63. The van der Waals surface area contributed by atoms with Crippen LogP contribution in [-0.4, -0.2) is 17.3 Å². The molecule has 1 aromatic rings. The molecule has 15 heavy (non-hydrogen) atoms. The highest BCUT2D eigenvalue weighted by molar-refractivity contribution is 6.47. The van der Waals surface area contributed by atoms with Gasteiger partial charge < -0.3 is 0 Å². The van der Waals surface area contributed by atoms with E-state index in [-0.39, 0.29) is 24.0 Å². The molecule has 1 fully saturated rings. The predicted octanol–water partition coefficient (Wildman–Crippen LogP) is 1.12. The minimum atomic E-state index is -0.431. The lowest BCUT2D eigenvalue weighted by molar-refractivity contribution is -0.137. The third-order valence-electron chi connectivity index (χ3n) is 3.27. The van der Waals surface area contributed by atoms with Crippen molar-refractivity contribution >= 4 is 17.3 Å². The first-order chi connectivity index (χ1) is 7.20. The fourth-order valence-electron chi connectivity index (χ4n) is 2.44. The highest BCUT2D eigenvalue weighted by Crippen LogP contribution is 2.44. The number of ketones is 3.